The Labute approximate surface area is 210 Å². The molecule has 1 saturated carbocycles. The predicted octanol–water partition coefficient (Wildman–Crippen LogP) is 8.47. The second-order valence-electron chi connectivity index (χ2n) is 9.87. The Bertz CT molecular complexity index is 906. The monoisotopic (exact) mass is 570 g/mol. The van der Waals surface area contributed by atoms with Crippen LogP contribution in [-0.2, 0) is 5.41 Å². The number of rotatable bonds is 14. The normalized spacial score (nSPS) is 14.8. The zero-order chi connectivity index (χ0) is 23.7. The van der Waals surface area contributed by atoms with Gasteiger partial charge in [-0.2, -0.15) is 0 Å². The first-order valence-corrected chi connectivity index (χ1v) is 21.7. The Morgan fingerprint density at radius 2 is 1.48 bits per heavy atom. The third-order valence-corrected chi connectivity index (χ3v) is 24.1. The van der Waals surface area contributed by atoms with E-state index in [1.807, 2.05) is 11.8 Å². The third kappa shape index (κ3) is 6.37. The first-order valence-electron chi connectivity index (χ1n) is 13.2. The van der Waals surface area contributed by atoms with Crippen LogP contribution >= 0.6 is 11.8 Å². The van der Waals surface area contributed by atoms with Crippen LogP contribution in [0.3, 0.4) is 0 Å². The maximum atomic E-state index is 9.53. The molecule has 1 aliphatic carbocycles. The molecule has 0 aliphatic heterocycles. The molecule has 2 nitrogen and oxygen atoms in total. The molecule has 33 heavy (non-hydrogen) atoms. The molecule has 1 aromatic heterocycles. The number of nitriles is 1. The van der Waals surface area contributed by atoms with Gasteiger partial charge in [0.1, 0.15) is 0 Å². The first-order chi connectivity index (χ1) is 16.1. The molecule has 0 spiro atoms. The van der Waals surface area contributed by atoms with E-state index in [1.165, 1.54) is 73.4 Å². The van der Waals surface area contributed by atoms with Gasteiger partial charge in [-0.3, -0.25) is 0 Å². The van der Waals surface area contributed by atoms with Gasteiger partial charge in [0, 0.05) is 0 Å². The van der Waals surface area contributed by atoms with Crippen molar-refractivity contribution in [3.63, 3.8) is 0 Å². The van der Waals surface area contributed by atoms with Gasteiger partial charge >= 0.3 is 212 Å². The third-order valence-electron chi connectivity index (χ3n) is 7.42. The van der Waals surface area contributed by atoms with E-state index in [-0.39, 0.29) is 5.41 Å². The molecule has 0 radical (unpaired) electrons. The predicted molar refractivity (Wildman–Crippen MR) is 147 cm³/mol. The van der Waals surface area contributed by atoms with Crippen molar-refractivity contribution < 1.29 is 0 Å². The Morgan fingerprint density at radius 1 is 0.909 bits per heavy atom. The molecule has 0 saturated heterocycles. The van der Waals surface area contributed by atoms with Crippen LogP contribution in [0.5, 0.6) is 0 Å². The summed E-state index contributed by atoms with van der Waals surface area (Å²) in [6.45, 7) is 9.30. The van der Waals surface area contributed by atoms with Crippen LogP contribution in [0.15, 0.2) is 41.4 Å². The van der Waals surface area contributed by atoms with Crippen molar-refractivity contribution in [1.29, 1.82) is 5.26 Å². The van der Waals surface area contributed by atoms with Gasteiger partial charge in [-0.25, -0.2) is 0 Å². The van der Waals surface area contributed by atoms with Crippen LogP contribution < -0.4 is 3.71 Å². The van der Waals surface area contributed by atoms with E-state index in [9.17, 15) is 5.26 Å². The number of nitrogens with zero attached hydrogens (tertiary/aromatic N) is 2. The van der Waals surface area contributed by atoms with Gasteiger partial charge in [0.2, 0.25) is 0 Å². The number of hydrogen-bond donors (Lipinski definition) is 0. The molecule has 0 atom stereocenters. The summed E-state index contributed by atoms with van der Waals surface area (Å²) in [6.07, 6.45) is 12.1. The maximum absolute atomic E-state index is 9.53. The van der Waals surface area contributed by atoms with Crippen LogP contribution in [0.25, 0.3) is 11.1 Å². The first kappa shape index (κ1) is 26.6. The Balaban J connectivity index is 1.99. The summed E-state index contributed by atoms with van der Waals surface area (Å²) in [4.78, 5) is 6.79. The molecule has 4 heteroatoms. The summed E-state index contributed by atoms with van der Waals surface area (Å²) in [5.41, 5.74) is 3.41. The quantitative estimate of drug-likeness (QED) is 0.169. The molecule has 3 rings (SSSR count). The van der Waals surface area contributed by atoms with Gasteiger partial charge in [-0.05, 0) is 0 Å². The zero-order valence-corrected chi connectivity index (χ0v) is 24.9. The summed E-state index contributed by atoms with van der Waals surface area (Å²) in [5.74, 6) is 1.10. The molecule has 1 aromatic carbocycles. The Kier molecular flexibility index (Phi) is 10.2. The van der Waals surface area contributed by atoms with Crippen molar-refractivity contribution in [2.45, 2.75) is 103 Å². The van der Waals surface area contributed by atoms with Gasteiger partial charge < -0.3 is 0 Å². The van der Waals surface area contributed by atoms with Gasteiger partial charge in [0.05, 0.1) is 0 Å². The fourth-order valence-corrected chi connectivity index (χ4v) is 23.5. The number of hydrogen-bond acceptors (Lipinski definition) is 3. The topological polar surface area (TPSA) is 36.7 Å². The van der Waals surface area contributed by atoms with Crippen molar-refractivity contribution in [2.24, 2.45) is 0 Å². The molecule has 1 aliphatic rings. The summed E-state index contributed by atoms with van der Waals surface area (Å²) < 4.78 is 5.94. The van der Waals surface area contributed by atoms with Gasteiger partial charge in [0.15, 0.2) is 0 Å². The fourth-order valence-electron chi connectivity index (χ4n) is 5.11. The number of thioether (sulfide) groups is 1. The fraction of sp³-hybridized carbons (Fsp3) is 0.586. The summed E-state index contributed by atoms with van der Waals surface area (Å²) in [7, 11) is 0. The second kappa shape index (κ2) is 12.6. The van der Waals surface area contributed by atoms with E-state index in [1.54, 1.807) is 3.71 Å². The average Bonchev–Trinajstić information content (AvgIpc) is 3.66. The van der Waals surface area contributed by atoms with E-state index >= 15 is 0 Å². The molecule has 2 aromatic rings. The van der Waals surface area contributed by atoms with Crippen LogP contribution in [-0.4, -0.2) is 29.1 Å². The van der Waals surface area contributed by atoms with Crippen LogP contribution in [0.4, 0.5) is 0 Å². The Morgan fingerprint density at radius 3 is 1.94 bits per heavy atom. The molecule has 0 amide bonds. The molecule has 178 valence electrons. The van der Waals surface area contributed by atoms with Crippen LogP contribution in [0.2, 0.25) is 13.3 Å². The van der Waals surface area contributed by atoms with Crippen molar-refractivity contribution in [3.8, 4) is 17.2 Å². The van der Waals surface area contributed by atoms with E-state index in [2.05, 4.69) is 70.3 Å². The SMILES string of the molecule is CCC[CH2][Sn]([CH2]CCC)([CH2]CCC)[c]1ncc(-c2ccc(C3(C#N)CC3)cc2)cc1SCC. The van der Waals surface area contributed by atoms with Crippen molar-refractivity contribution in [3.05, 3.63) is 42.1 Å². The van der Waals surface area contributed by atoms with E-state index in [0.29, 0.717) is 0 Å². The number of pyridine rings is 1. The standard InChI is InChI=1S/C17H15N2S.3C4H9.Sn/c1-2-20-16-9-14(10-19-11-16)13-3-5-15(6-4-13)17(12-18)7-8-17;3*1-3-4-2;/h3-6,9-10H,2,7-8H2,1H3;3*1,3-4H2,2H3;. The summed E-state index contributed by atoms with van der Waals surface area (Å²) in [6, 6.07) is 13.7. The molecule has 0 N–H and O–H groups in total. The minimum atomic E-state index is -2.58. The van der Waals surface area contributed by atoms with Crippen LogP contribution in [0.1, 0.15) is 84.6 Å². The summed E-state index contributed by atoms with van der Waals surface area (Å²) in [5, 5.41) is 9.53. The molecule has 1 heterocycles. The average molecular weight is 569 g/mol. The number of aromatic nitrogens is 1. The zero-order valence-electron chi connectivity index (χ0n) is 21.3. The van der Waals surface area contributed by atoms with Crippen molar-refractivity contribution in [1.82, 2.24) is 4.98 Å². The number of unbranched alkanes of at least 4 members (excludes halogenated alkanes) is 3. The molecular weight excluding hydrogens is 527 g/mol. The Hall–Kier alpha value is -0.991. The molecule has 1 fully saturated rings. The van der Waals surface area contributed by atoms with Gasteiger partial charge in [-0.15, -0.1) is 0 Å². The molecular formula is C29H42N2SSn. The molecule has 0 bridgehead atoms. The van der Waals surface area contributed by atoms with Crippen LogP contribution in [0, 0.1) is 11.3 Å². The second-order valence-corrected chi connectivity index (χ2v) is 24.1. The van der Waals surface area contributed by atoms with E-state index < -0.39 is 18.4 Å². The molecule has 0 unspecified atom stereocenters. The van der Waals surface area contributed by atoms with Crippen molar-refractivity contribution in [2.75, 3.05) is 5.75 Å². The van der Waals surface area contributed by atoms with E-state index in [4.69, 9.17) is 4.98 Å². The van der Waals surface area contributed by atoms with Crippen molar-refractivity contribution >= 4 is 33.8 Å². The van der Waals surface area contributed by atoms with E-state index in [0.717, 1.165) is 18.6 Å². The van der Waals surface area contributed by atoms with Gasteiger partial charge in [0.25, 0.3) is 0 Å². The number of benzene rings is 1. The minimum absolute atomic E-state index is 0.213. The summed E-state index contributed by atoms with van der Waals surface area (Å²) >= 11 is -0.575. The van der Waals surface area contributed by atoms with Gasteiger partial charge in [-0.1, -0.05) is 0 Å².